The molecule has 0 atom stereocenters. The highest BCUT2D eigenvalue weighted by atomic mass is 79.9. The smallest absolute Gasteiger partial charge is 0.241 e. The Balaban J connectivity index is 2.14. The van der Waals surface area contributed by atoms with E-state index in [4.69, 9.17) is 5.73 Å². The van der Waals surface area contributed by atoms with Crippen molar-refractivity contribution in [3.05, 3.63) is 22.7 Å². The van der Waals surface area contributed by atoms with Crippen LogP contribution in [0.1, 0.15) is 32.6 Å². The van der Waals surface area contributed by atoms with Crippen molar-refractivity contribution >= 4 is 31.6 Å². The van der Waals surface area contributed by atoms with Crippen molar-refractivity contribution in [1.29, 1.82) is 0 Å². The number of nitrogens with one attached hydrogen (secondary N) is 1. The predicted molar refractivity (Wildman–Crippen MR) is 80.3 cm³/mol. The Bertz CT molecular complexity index is 552. The molecule has 1 aliphatic carbocycles. The highest BCUT2D eigenvalue weighted by molar-refractivity contribution is 9.10. The standard InChI is InChI=1S/C13H19BrN2O2S/c1-9-2-5-11(6-3-9)16-19(17,18)13-7-4-10(15)8-12(13)14/h4,7-9,11,16H,2-3,5-6,15H2,1H3. The average molecular weight is 347 g/mol. The van der Waals surface area contributed by atoms with Gasteiger partial charge in [-0.15, -0.1) is 0 Å². The van der Waals surface area contributed by atoms with Crippen molar-refractivity contribution in [2.75, 3.05) is 5.73 Å². The summed E-state index contributed by atoms with van der Waals surface area (Å²) in [6, 6.07) is 4.79. The van der Waals surface area contributed by atoms with Gasteiger partial charge in [0.2, 0.25) is 10.0 Å². The number of anilines is 1. The number of sulfonamides is 1. The number of hydrogen-bond donors (Lipinski definition) is 2. The second kappa shape index (κ2) is 5.81. The molecule has 106 valence electrons. The zero-order valence-corrected chi connectivity index (χ0v) is 13.3. The molecular formula is C13H19BrN2O2S. The maximum atomic E-state index is 12.3. The fraction of sp³-hybridized carbons (Fsp3) is 0.538. The van der Waals surface area contributed by atoms with Crippen LogP contribution in [0, 0.1) is 5.92 Å². The van der Waals surface area contributed by atoms with Crippen LogP contribution in [-0.4, -0.2) is 14.5 Å². The first kappa shape index (κ1) is 14.8. The van der Waals surface area contributed by atoms with Crippen LogP contribution >= 0.6 is 15.9 Å². The lowest BCUT2D eigenvalue weighted by Crippen LogP contribution is -2.37. The normalized spacial score (nSPS) is 24.3. The maximum Gasteiger partial charge on any atom is 0.241 e. The number of nitrogen functional groups attached to an aromatic ring is 1. The average Bonchev–Trinajstić information content (AvgIpc) is 2.31. The largest absolute Gasteiger partial charge is 0.399 e. The third-order valence-electron chi connectivity index (χ3n) is 3.58. The van der Waals surface area contributed by atoms with E-state index in [-0.39, 0.29) is 10.9 Å². The first-order valence-corrected chi connectivity index (χ1v) is 8.73. The molecule has 0 spiro atoms. The van der Waals surface area contributed by atoms with E-state index in [0.29, 0.717) is 16.1 Å². The summed E-state index contributed by atoms with van der Waals surface area (Å²) in [5.41, 5.74) is 6.16. The molecule has 0 aromatic heterocycles. The van der Waals surface area contributed by atoms with Crippen molar-refractivity contribution in [2.24, 2.45) is 5.92 Å². The molecule has 3 N–H and O–H groups in total. The Kier molecular flexibility index (Phi) is 4.53. The molecule has 0 amide bonds. The van der Waals surface area contributed by atoms with Crippen molar-refractivity contribution in [3.8, 4) is 0 Å². The van der Waals surface area contributed by atoms with Crippen molar-refractivity contribution < 1.29 is 8.42 Å². The summed E-state index contributed by atoms with van der Waals surface area (Å²) in [4.78, 5) is 0.250. The summed E-state index contributed by atoms with van der Waals surface area (Å²) in [6.07, 6.45) is 3.98. The molecule has 6 heteroatoms. The van der Waals surface area contributed by atoms with Gasteiger partial charge in [-0.1, -0.05) is 6.92 Å². The van der Waals surface area contributed by atoms with Gasteiger partial charge in [0.15, 0.2) is 0 Å². The zero-order valence-electron chi connectivity index (χ0n) is 10.9. The van der Waals surface area contributed by atoms with Gasteiger partial charge >= 0.3 is 0 Å². The molecule has 2 rings (SSSR count). The highest BCUT2D eigenvalue weighted by Crippen LogP contribution is 2.27. The van der Waals surface area contributed by atoms with Gasteiger partial charge in [-0.25, -0.2) is 13.1 Å². The molecule has 1 aromatic carbocycles. The molecule has 0 radical (unpaired) electrons. The molecule has 4 nitrogen and oxygen atoms in total. The Hall–Kier alpha value is -0.590. The number of halogens is 1. The zero-order chi connectivity index (χ0) is 14.0. The van der Waals surface area contributed by atoms with E-state index in [9.17, 15) is 8.42 Å². The quantitative estimate of drug-likeness (QED) is 0.826. The van der Waals surface area contributed by atoms with Crippen LogP contribution in [-0.2, 0) is 10.0 Å². The lowest BCUT2D eigenvalue weighted by Gasteiger charge is -2.26. The third-order valence-corrected chi connectivity index (χ3v) is 6.08. The molecule has 0 bridgehead atoms. The monoisotopic (exact) mass is 346 g/mol. The van der Waals surface area contributed by atoms with Gasteiger partial charge in [0.05, 0.1) is 4.90 Å². The number of hydrogen-bond acceptors (Lipinski definition) is 3. The second-order valence-electron chi connectivity index (χ2n) is 5.27. The molecule has 0 saturated heterocycles. The summed E-state index contributed by atoms with van der Waals surface area (Å²) >= 11 is 3.26. The Labute approximate surface area is 122 Å². The molecule has 1 fully saturated rings. The molecule has 1 aromatic rings. The van der Waals surface area contributed by atoms with Crippen LogP contribution in [0.3, 0.4) is 0 Å². The fourth-order valence-corrected chi connectivity index (χ4v) is 4.80. The van der Waals surface area contributed by atoms with E-state index in [2.05, 4.69) is 27.6 Å². The van der Waals surface area contributed by atoms with Crippen molar-refractivity contribution in [2.45, 2.75) is 43.5 Å². The first-order chi connectivity index (χ1) is 8.88. The Morgan fingerprint density at radius 3 is 2.47 bits per heavy atom. The fourth-order valence-electron chi connectivity index (χ4n) is 2.40. The van der Waals surface area contributed by atoms with E-state index in [1.165, 1.54) is 6.07 Å². The van der Waals surface area contributed by atoms with Gasteiger partial charge < -0.3 is 5.73 Å². The minimum absolute atomic E-state index is 0.0469. The van der Waals surface area contributed by atoms with Crippen LogP contribution < -0.4 is 10.5 Å². The summed E-state index contributed by atoms with van der Waals surface area (Å²) in [5, 5.41) is 0. The molecule has 0 heterocycles. The second-order valence-corrected chi connectivity index (χ2v) is 7.80. The van der Waals surface area contributed by atoms with E-state index >= 15 is 0 Å². The summed E-state index contributed by atoms with van der Waals surface area (Å²) in [7, 11) is -3.48. The van der Waals surface area contributed by atoms with Crippen LogP contribution in [0.15, 0.2) is 27.6 Å². The minimum Gasteiger partial charge on any atom is -0.399 e. The van der Waals surface area contributed by atoms with Gasteiger partial charge in [-0.2, -0.15) is 0 Å². The molecule has 1 aliphatic rings. The van der Waals surface area contributed by atoms with Gasteiger partial charge in [-0.3, -0.25) is 0 Å². The maximum absolute atomic E-state index is 12.3. The van der Waals surface area contributed by atoms with E-state index in [1.807, 2.05) is 0 Å². The number of nitrogens with two attached hydrogens (primary N) is 1. The lowest BCUT2D eigenvalue weighted by atomic mass is 9.88. The van der Waals surface area contributed by atoms with Gasteiger partial charge in [0, 0.05) is 16.2 Å². The van der Waals surface area contributed by atoms with Gasteiger partial charge in [0.1, 0.15) is 0 Å². The summed E-state index contributed by atoms with van der Waals surface area (Å²) < 4.78 is 28.0. The van der Waals surface area contributed by atoms with Gasteiger partial charge in [-0.05, 0) is 65.7 Å². The Morgan fingerprint density at radius 2 is 1.89 bits per heavy atom. The molecule has 0 aliphatic heterocycles. The topological polar surface area (TPSA) is 72.2 Å². The SMILES string of the molecule is CC1CCC(NS(=O)(=O)c2ccc(N)cc2Br)CC1. The Morgan fingerprint density at radius 1 is 1.26 bits per heavy atom. The van der Waals surface area contributed by atoms with Crippen molar-refractivity contribution in [3.63, 3.8) is 0 Å². The van der Waals surface area contributed by atoms with E-state index in [0.717, 1.165) is 25.7 Å². The molecular weight excluding hydrogens is 328 g/mol. The first-order valence-electron chi connectivity index (χ1n) is 6.46. The van der Waals surface area contributed by atoms with Crippen LogP contribution in [0.5, 0.6) is 0 Å². The predicted octanol–water partition coefficient (Wildman–Crippen LogP) is 2.89. The highest BCUT2D eigenvalue weighted by Gasteiger charge is 2.25. The van der Waals surface area contributed by atoms with Crippen LogP contribution in [0.4, 0.5) is 5.69 Å². The van der Waals surface area contributed by atoms with Gasteiger partial charge in [0.25, 0.3) is 0 Å². The van der Waals surface area contributed by atoms with E-state index in [1.54, 1.807) is 12.1 Å². The summed E-state index contributed by atoms with van der Waals surface area (Å²) in [5.74, 6) is 0.698. The molecule has 0 unspecified atom stereocenters. The van der Waals surface area contributed by atoms with Crippen LogP contribution in [0.2, 0.25) is 0 Å². The van der Waals surface area contributed by atoms with Crippen molar-refractivity contribution in [1.82, 2.24) is 4.72 Å². The van der Waals surface area contributed by atoms with Crippen LogP contribution in [0.25, 0.3) is 0 Å². The lowest BCUT2D eigenvalue weighted by molar-refractivity contribution is 0.332. The molecule has 19 heavy (non-hydrogen) atoms. The third kappa shape index (κ3) is 3.70. The summed E-state index contributed by atoms with van der Waals surface area (Å²) in [6.45, 7) is 2.21. The molecule has 1 saturated carbocycles. The van der Waals surface area contributed by atoms with E-state index < -0.39 is 10.0 Å². The number of benzene rings is 1. The number of rotatable bonds is 3. The minimum atomic E-state index is -3.48.